The van der Waals surface area contributed by atoms with Gasteiger partial charge in [-0.3, -0.25) is 0 Å². The van der Waals surface area contributed by atoms with Gasteiger partial charge in [0.25, 0.3) is 0 Å². The summed E-state index contributed by atoms with van der Waals surface area (Å²) in [5.41, 5.74) is 2.27. The predicted octanol–water partition coefficient (Wildman–Crippen LogP) is 2.66. The van der Waals surface area contributed by atoms with Gasteiger partial charge in [0.15, 0.2) is 0 Å². The monoisotopic (exact) mass is 270 g/mol. The maximum atomic E-state index is 9.01. The average molecular weight is 271 g/mol. The lowest BCUT2D eigenvalue weighted by Gasteiger charge is -2.31. The van der Waals surface area contributed by atoms with Crippen LogP contribution in [0.4, 0.5) is 5.69 Å². The summed E-state index contributed by atoms with van der Waals surface area (Å²) in [6.07, 6.45) is 0.752. The molecular weight excluding hydrogens is 248 g/mol. The highest BCUT2D eigenvalue weighted by Crippen LogP contribution is 2.31. The first-order valence-electron chi connectivity index (χ1n) is 6.41. The zero-order valence-corrected chi connectivity index (χ0v) is 12.2. The summed E-state index contributed by atoms with van der Waals surface area (Å²) in [5, 5.41) is 13.0. The first-order valence-corrected chi connectivity index (χ1v) is 6.79. The van der Waals surface area contributed by atoms with E-state index in [2.05, 4.69) is 30.1 Å². The van der Waals surface area contributed by atoms with Crippen LogP contribution in [0.1, 0.15) is 25.8 Å². The number of anilines is 1. The van der Waals surface area contributed by atoms with Crippen LogP contribution < -0.4 is 10.2 Å². The molecule has 0 saturated heterocycles. The summed E-state index contributed by atoms with van der Waals surface area (Å²) in [6.45, 7) is 6.09. The van der Waals surface area contributed by atoms with Crippen LogP contribution in [-0.4, -0.2) is 31.3 Å². The quantitative estimate of drug-likeness (QED) is 0.800. The second kappa shape index (κ2) is 7.62. The molecule has 0 radical (unpaired) electrons. The van der Waals surface area contributed by atoms with Crippen LogP contribution in [0.5, 0.6) is 0 Å². The number of hydrogen-bond acceptors (Lipinski definition) is 3. The molecule has 0 fully saturated rings. The fourth-order valence-corrected chi connectivity index (χ4v) is 2.39. The van der Waals surface area contributed by atoms with Crippen LogP contribution in [0.2, 0.25) is 5.02 Å². The Morgan fingerprint density at radius 3 is 2.67 bits per heavy atom. The number of rotatable bonds is 7. The van der Waals surface area contributed by atoms with Crippen molar-refractivity contribution in [2.24, 2.45) is 0 Å². The van der Waals surface area contributed by atoms with Crippen molar-refractivity contribution in [3.05, 3.63) is 28.8 Å². The van der Waals surface area contributed by atoms with Crippen LogP contribution in [0, 0.1) is 0 Å². The fraction of sp³-hybridized carbons (Fsp3) is 0.571. The molecule has 2 N–H and O–H groups in total. The molecular formula is C14H23ClN2O. The van der Waals surface area contributed by atoms with Gasteiger partial charge in [0.2, 0.25) is 0 Å². The fourth-order valence-electron chi connectivity index (χ4n) is 2.08. The van der Waals surface area contributed by atoms with E-state index in [4.69, 9.17) is 16.7 Å². The lowest BCUT2D eigenvalue weighted by atomic mass is 10.1. The molecule has 0 spiro atoms. The normalized spacial score (nSPS) is 11.0. The molecule has 0 aromatic heterocycles. The lowest BCUT2D eigenvalue weighted by Crippen LogP contribution is -2.33. The molecule has 0 atom stereocenters. The van der Waals surface area contributed by atoms with Crippen molar-refractivity contribution < 1.29 is 5.11 Å². The molecule has 0 unspecified atom stereocenters. The summed E-state index contributed by atoms with van der Waals surface area (Å²) in [5.74, 6) is 0. The molecule has 1 aromatic carbocycles. The van der Waals surface area contributed by atoms with E-state index in [-0.39, 0.29) is 6.61 Å². The average Bonchev–Trinajstić information content (AvgIpc) is 2.32. The summed E-state index contributed by atoms with van der Waals surface area (Å²) in [7, 11) is 1.93. The Labute approximate surface area is 115 Å². The Kier molecular flexibility index (Phi) is 6.47. The predicted molar refractivity (Wildman–Crippen MR) is 78.4 cm³/mol. The Balaban J connectivity index is 3.08. The van der Waals surface area contributed by atoms with Gasteiger partial charge in [-0.2, -0.15) is 0 Å². The summed E-state index contributed by atoms with van der Waals surface area (Å²) in [4.78, 5) is 2.26. The molecule has 0 aliphatic carbocycles. The van der Waals surface area contributed by atoms with Crippen molar-refractivity contribution in [2.45, 2.75) is 32.9 Å². The van der Waals surface area contributed by atoms with Crippen molar-refractivity contribution in [1.82, 2.24) is 5.32 Å². The molecule has 0 heterocycles. The maximum Gasteiger partial charge on any atom is 0.0643 e. The van der Waals surface area contributed by atoms with Crippen LogP contribution in [0.15, 0.2) is 18.2 Å². The molecule has 0 amide bonds. The van der Waals surface area contributed by atoms with Gasteiger partial charge < -0.3 is 15.3 Å². The van der Waals surface area contributed by atoms with E-state index >= 15 is 0 Å². The van der Waals surface area contributed by atoms with Gasteiger partial charge in [0.05, 0.1) is 10.7 Å². The third-order valence-electron chi connectivity index (χ3n) is 2.91. The second-order valence-corrected chi connectivity index (χ2v) is 5.05. The van der Waals surface area contributed by atoms with Crippen molar-refractivity contribution in [1.29, 1.82) is 0 Å². The number of para-hydroxylation sites is 1. The van der Waals surface area contributed by atoms with Crippen LogP contribution in [0.3, 0.4) is 0 Å². The lowest BCUT2D eigenvalue weighted by molar-refractivity contribution is 0.288. The molecule has 4 heteroatoms. The molecule has 3 nitrogen and oxygen atoms in total. The highest BCUT2D eigenvalue weighted by atomic mass is 35.5. The number of nitrogens with one attached hydrogen (secondary N) is 1. The molecule has 1 aromatic rings. The Morgan fingerprint density at radius 2 is 2.11 bits per heavy atom. The van der Waals surface area contributed by atoms with Gasteiger partial charge in [-0.1, -0.05) is 23.7 Å². The van der Waals surface area contributed by atoms with E-state index in [9.17, 15) is 0 Å². The smallest absolute Gasteiger partial charge is 0.0643 e. The first-order chi connectivity index (χ1) is 8.61. The molecule has 0 bridgehead atoms. The Morgan fingerprint density at radius 1 is 1.39 bits per heavy atom. The number of hydrogen-bond donors (Lipinski definition) is 2. The van der Waals surface area contributed by atoms with Gasteiger partial charge in [0.1, 0.15) is 0 Å². The Hall–Kier alpha value is -0.770. The van der Waals surface area contributed by atoms with Crippen molar-refractivity contribution >= 4 is 17.3 Å². The molecule has 1 rings (SSSR count). The maximum absolute atomic E-state index is 9.01. The van der Waals surface area contributed by atoms with Gasteiger partial charge in [-0.15, -0.1) is 0 Å². The minimum atomic E-state index is 0.203. The van der Waals surface area contributed by atoms with Crippen LogP contribution >= 0.6 is 11.6 Å². The number of nitrogens with zero attached hydrogens (tertiary/aromatic N) is 1. The minimum absolute atomic E-state index is 0.203. The van der Waals surface area contributed by atoms with E-state index in [1.807, 2.05) is 19.2 Å². The first kappa shape index (κ1) is 15.3. The largest absolute Gasteiger partial charge is 0.396 e. The number of aliphatic hydroxyl groups is 1. The third kappa shape index (κ3) is 3.87. The number of halogens is 1. The van der Waals surface area contributed by atoms with Gasteiger partial charge in [-0.25, -0.2) is 0 Å². The van der Waals surface area contributed by atoms with E-state index in [1.165, 1.54) is 5.56 Å². The molecule has 18 heavy (non-hydrogen) atoms. The zero-order valence-electron chi connectivity index (χ0n) is 11.4. The number of benzene rings is 1. The minimum Gasteiger partial charge on any atom is -0.396 e. The topological polar surface area (TPSA) is 35.5 Å². The third-order valence-corrected chi connectivity index (χ3v) is 3.21. The molecule has 0 aliphatic rings. The highest BCUT2D eigenvalue weighted by Gasteiger charge is 2.16. The van der Waals surface area contributed by atoms with Gasteiger partial charge >= 0.3 is 0 Å². The van der Waals surface area contributed by atoms with Crippen molar-refractivity contribution in [2.75, 3.05) is 25.1 Å². The molecule has 102 valence electrons. The Bertz CT molecular complexity index is 369. The summed E-state index contributed by atoms with van der Waals surface area (Å²) >= 11 is 6.35. The molecule has 0 aliphatic heterocycles. The zero-order chi connectivity index (χ0) is 13.5. The summed E-state index contributed by atoms with van der Waals surface area (Å²) < 4.78 is 0. The standard InChI is InChI=1S/C14H23ClN2O/c1-11(2)17(8-5-9-18)14-12(10-16-3)6-4-7-13(14)15/h4,6-7,11,16,18H,5,8-10H2,1-3H3. The van der Waals surface area contributed by atoms with Gasteiger partial charge in [-0.05, 0) is 38.9 Å². The molecule has 0 saturated carbocycles. The number of aliphatic hydroxyl groups excluding tert-OH is 1. The van der Waals surface area contributed by atoms with Crippen LogP contribution in [0.25, 0.3) is 0 Å². The highest BCUT2D eigenvalue weighted by molar-refractivity contribution is 6.33. The van der Waals surface area contributed by atoms with E-state index < -0.39 is 0 Å². The summed E-state index contributed by atoms with van der Waals surface area (Å²) in [6, 6.07) is 6.34. The van der Waals surface area contributed by atoms with Gasteiger partial charge in [0, 0.05) is 25.7 Å². The van der Waals surface area contributed by atoms with Crippen molar-refractivity contribution in [3.8, 4) is 0 Å². The second-order valence-electron chi connectivity index (χ2n) is 4.64. The van der Waals surface area contributed by atoms with E-state index in [1.54, 1.807) is 0 Å². The SMILES string of the molecule is CNCc1cccc(Cl)c1N(CCCO)C(C)C. The van der Waals surface area contributed by atoms with E-state index in [0.717, 1.165) is 30.2 Å². The van der Waals surface area contributed by atoms with Crippen molar-refractivity contribution in [3.63, 3.8) is 0 Å². The van der Waals surface area contributed by atoms with Crippen LogP contribution in [-0.2, 0) is 6.54 Å². The van der Waals surface area contributed by atoms with E-state index in [0.29, 0.717) is 6.04 Å².